The summed E-state index contributed by atoms with van der Waals surface area (Å²) in [5.41, 5.74) is 0. The van der Waals surface area contributed by atoms with E-state index in [1.165, 1.54) is 6.42 Å². The average Bonchev–Trinajstić information content (AvgIpc) is 2.27. The van der Waals surface area contributed by atoms with E-state index in [9.17, 15) is 4.79 Å². The van der Waals surface area contributed by atoms with E-state index in [0.717, 1.165) is 12.8 Å². The second-order valence-electron chi connectivity index (χ2n) is 3.84. The molecule has 0 radical (unpaired) electrons. The summed E-state index contributed by atoms with van der Waals surface area (Å²) in [6, 6.07) is 0. The summed E-state index contributed by atoms with van der Waals surface area (Å²) >= 11 is 0. The first-order valence-electron chi connectivity index (χ1n) is 6.34. The zero-order valence-electron chi connectivity index (χ0n) is 11.2. The van der Waals surface area contributed by atoms with Crippen LogP contribution in [0.4, 0.5) is 0 Å². The number of rotatable bonds is 1. The molecule has 92 valence electrons. The lowest BCUT2D eigenvalue weighted by Crippen LogP contribution is -2.28. The first kappa shape index (κ1) is 16.9. The van der Waals surface area contributed by atoms with Crippen LogP contribution in [-0.4, -0.2) is 11.1 Å². The summed E-state index contributed by atoms with van der Waals surface area (Å²) < 4.78 is 0. The molecule has 1 aliphatic rings. The molecule has 0 aromatic rings. The van der Waals surface area contributed by atoms with E-state index < -0.39 is 5.97 Å². The molecule has 1 saturated carbocycles. The minimum Gasteiger partial charge on any atom is -0.481 e. The van der Waals surface area contributed by atoms with Gasteiger partial charge in [-0.3, -0.25) is 4.79 Å². The fourth-order valence-electron chi connectivity index (χ4n) is 1.88. The van der Waals surface area contributed by atoms with Crippen LogP contribution in [0.3, 0.4) is 0 Å². The van der Waals surface area contributed by atoms with Crippen LogP contribution in [0.5, 0.6) is 0 Å². The summed E-state index contributed by atoms with van der Waals surface area (Å²) in [5.74, 6) is 0.291. The Balaban J connectivity index is 0. The van der Waals surface area contributed by atoms with Crippen molar-refractivity contribution in [2.45, 2.75) is 60.8 Å². The predicted molar refractivity (Wildman–Crippen MR) is 66.0 cm³/mol. The lowest BCUT2D eigenvalue weighted by Gasteiger charge is -2.29. The molecule has 0 aromatic heterocycles. The molecule has 0 aromatic carbocycles. The van der Waals surface area contributed by atoms with E-state index in [0.29, 0.717) is 11.8 Å². The van der Waals surface area contributed by atoms with Crippen LogP contribution < -0.4 is 0 Å². The molecule has 1 rings (SSSR count). The largest absolute Gasteiger partial charge is 0.481 e. The summed E-state index contributed by atoms with van der Waals surface area (Å²) in [6.07, 6.45) is 3.15. The molecule has 3 atom stereocenters. The van der Waals surface area contributed by atoms with E-state index in [2.05, 4.69) is 6.92 Å². The molecule has 0 heterocycles. The molecule has 2 heteroatoms. The Morgan fingerprint density at radius 3 is 1.87 bits per heavy atom. The highest BCUT2D eigenvalue weighted by Gasteiger charge is 2.30. The van der Waals surface area contributed by atoms with Crippen LogP contribution in [0, 0.1) is 17.8 Å². The molecule has 0 bridgehead atoms. The van der Waals surface area contributed by atoms with Crippen molar-refractivity contribution in [2.75, 3.05) is 0 Å². The molecular formula is C13H28O2. The Labute approximate surface area is 95.1 Å². The van der Waals surface area contributed by atoms with Gasteiger partial charge in [0.15, 0.2) is 0 Å². The summed E-state index contributed by atoms with van der Waals surface area (Å²) in [4.78, 5) is 10.7. The van der Waals surface area contributed by atoms with Crippen LogP contribution >= 0.6 is 0 Å². The second-order valence-corrected chi connectivity index (χ2v) is 3.84. The Morgan fingerprint density at radius 2 is 1.53 bits per heavy atom. The fraction of sp³-hybridized carbons (Fsp3) is 0.923. The van der Waals surface area contributed by atoms with Gasteiger partial charge in [-0.15, -0.1) is 0 Å². The van der Waals surface area contributed by atoms with Gasteiger partial charge in [0.2, 0.25) is 0 Å². The van der Waals surface area contributed by atoms with Crippen molar-refractivity contribution in [1.82, 2.24) is 0 Å². The van der Waals surface area contributed by atoms with E-state index in [4.69, 9.17) is 5.11 Å². The van der Waals surface area contributed by atoms with Gasteiger partial charge in [-0.1, -0.05) is 48.0 Å². The van der Waals surface area contributed by atoms with Gasteiger partial charge in [-0.2, -0.15) is 0 Å². The Morgan fingerprint density at radius 1 is 1.07 bits per heavy atom. The third-order valence-corrected chi connectivity index (χ3v) is 2.78. The normalized spacial score (nSPS) is 29.1. The maximum atomic E-state index is 10.7. The maximum absolute atomic E-state index is 10.7. The van der Waals surface area contributed by atoms with Gasteiger partial charge in [0, 0.05) is 0 Å². The molecule has 0 saturated heterocycles. The van der Waals surface area contributed by atoms with E-state index >= 15 is 0 Å². The topological polar surface area (TPSA) is 37.3 Å². The van der Waals surface area contributed by atoms with Crippen molar-refractivity contribution in [3.8, 4) is 0 Å². The van der Waals surface area contributed by atoms with Crippen molar-refractivity contribution < 1.29 is 9.90 Å². The lowest BCUT2D eigenvalue weighted by molar-refractivity contribution is -0.145. The van der Waals surface area contributed by atoms with Crippen molar-refractivity contribution in [2.24, 2.45) is 17.8 Å². The third-order valence-electron chi connectivity index (χ3n) is 2.78. The zero-order chi connectivity index (χ0) is 12.4. The minimum absolute atomic E-state index is 0.0845. The lowest BCUT2D eigenvalue weighted by atomic mass is 9.76. The molecule has 2 nitrogen and oxygen atoms in total. The number of carboxylic acid groups (broad SMARTS) is 1. The maximum Gasteiger partial charge on any atom is 0.306 e. The monoisotopic (exact) mass is 216 g/mol. The van der Waals surface area contributed by atoms with Gasteiger partial charge in [-0.05, 0) is 24.7 Å². The summed E-state index contributed by atoms with van der Waals surface area (Å²) in [5, 5.41) is 8.83. The van der Waals surface area contributed by atoms with Crippen LogP contribution in [0.25, 0.3) is 0 Å². The fourth-order valence-corrected chi connectivity index (χ4v) is 1.88. The smallest absolute Gasteiger partial charge is 0.306 e. The number of hydrogen-bond acceptors (Lipinski definition) is 1. The summed E-state index contributed by atoms with van der Waals surface area (Å²) in [7, 11) is 0. The van der Waals surface area contributed by atoms with E-state index in [1.807, 2.05) is 34.6 Å². The highest BCUT2D eigenvalue weighted by Crippen LogP contribution is 2.33. The molecule has 15 heavy (non-hydrogen) atoms. The SMILES string of the molecule is CC.CC.CC1CCC(C)C(C(=O)O)C1. The molecule has 1 aliphatic carbocycles. The van der Waals surface area contributed by atoms with Crippen LogP contribution in [0.15, 0.2) is 0 Å². The van der Waals surface area contributed by atoms with Gasteiger partial charge >= 0.3 is 5.97 Å². The number of carboxylic acids is 1. The van der Waals surface area contributed by atoms with Gasteiger partial charge in [0.1, 0.15) is 0 Å². The molecule has 0 amide bonds. The van der Waals surface area contributed by atoms with Gasteiger partial charge in [0.25, 0.3) is 0 Å². The van der Waals surface area contributed by atoms with Crippen LogP contribution in [0.2, 0.25) is 0 Å². The number of aliphatic carboxylic acids is 1. The zero-order valence-corrected chi connectivity index (χ0v) is 11.2. The quantitative estimate of drug-likeness (QED) is 0.713. The minimum atomic E-state index is -0.607. The van der Waals surface area contributed by atoms with Gasteiger partial charge in [0.05, 0.1) is 5.92 Å². The first-order valence-corrected chi connectivity index (χ1v) is 6.34. The predicted octanol–water partition coefficient (Wildman–Crippen LogP) is 4.20. The number of hydrogen-bond donors (Lipinski definition) is 1. The Hall–Kier alpha value is -0.530. The first-order chi connectivity index (χ1) is 7.11. The van der Waals surface area contributed by atoms with Crippen molar-refractivity contribution in [3.05, 3.63) is 0 Å². The molecule has 3 unspecified atom stereocenters. The van der Waals surface area contributed by atoms with Crippen LogP contribution in [-0.2, 0) is 4.79 Å². The van der Waals surface area contributed by atoms with E-state index in [1.54, 1.807) is 0 Å². The number of carbonyl (C=O) groups is 1. The van der Waals surface area contributed by atoms with Gasteiger partial charge < -0.3 is 5.11 Å². The van der Waals surface area contributed by atoms with Gasteiger partial charge in [-0.25, -0.2) is 0 Å². The summed E-state index contributed by atoms with van der Waals surface area (Å²) in [6.45, 7) is 12.2. The third kappa shape index (κ3) is 6.53. The average molecular weight is 216 g/mol. The second kappa shape index (κ2) is 10.0. The van der Waals surface area contributed by atoms with Crippen molar-refractivity contribution in [1.29, 1.82) is 0 Å². The molecule has 1 N–H and O–H groups in total. The Bertz CT molecular complexity index is 155. The highest BCUT2D eigenvalue weighted by molar-refractivity contribution is 5.70. The standard InChI is InChI=1S/C9H16O2.2C2H6/c1-6-3-4-7(2)8(5-6)9(10)11;2*1-2/h6-8H,3-5H2,1-2H3,(H,10,11);2*1-2H3. The Kier molecular flexibility index (Phi) is 11.3. The highest BCUT2D eigenvalue weighted by atomic mass is 16.4. The van der Waals surface area contributed by atoms with E-state index in [-0.39, 0.29) is 5.92 Å². The molecular weight excluding hydrogens is 188 g/mol. The van der Waals surface area contributed by atoms with Crippen molar-refractivity contribution >= 4 is 5.97 Å². The molecule has 1 fully saturated rings. The van der Waals surface area contributed by atoms with Crippen molar-refractivity contribution in [3.63, 3.8) is 0 Å². The molecule has 0 spiro atoms. The van der Waals surface area contributed by atoms with Crippen LogP contribution in [0.1, 0.15) is 60.8 Å². The molecule has 0 aliphatic heterocycles.